The molecule has 1 heterocycles. The molecule has 0 aliphatic carbocycles. The van der Waals surface area contributed by atoms with Crippen LogP contribution in [-0.4, -0.2) is 22.7 Å². The monoisotopic (exact) mass is 366 g/mol. The van der Waals surface area contributed by atoms with Crippen molar-refractivity contribution in [2.24, 2.45) is 0 Å². The molecule has 27 heavy (non-hydrogen) atoms. The number of ether oxygens (including phenoxy) is 1. The number of hydrogen-bond acceptors (Lipinski definition) is 5. The smallest absolute Gasteiger partial charge is 0.229 e. The lowest BCUT2D eigenvalue weighted by molar-refractivity contribution is -0.116. The highest BCUT2D eigenvalue weighted by atomic mass is 19.1. The molecule has 0 unspecified atom stereocenters. The van der Waals surface area contributed by atoms with Gasteiger partial charge in [0.15, 0.2) is 5.82 Å². The van der Waals surface area contributed by atoms with Crippen LogP contribution in [0.25, 0.3) is 0 Å². The van der Waals surface area contributed by atoms with Gasteiger partial charge in [0, 0.05) is 12.1 Å². The summed E-state index contributed by atoms with van der Waals surface area (Å²) in [6.07, 6.45) is 0.198. The van der Waals surface area contributed by atoms with Crippen LogP contribution < -0.4 is 15.4 Å². The molecule has 2 aromatic carbocycles. The molecule has 2 N–H and O–H groups in total. The molecule has 3 rings (SSSR count). The normalized spacial score (nSPS) is 10.3. The lowest BCUT2D eigenvalue weighted by atomic mass is 10.2. The van der Waals surface area contributed by atoms with Gasteiger partial charge in [-0.2, -0.15) is 0 Å². The fourth-order valence-corrected chi connectivity index (χ4v) is 2.30. The first-order chi connectivity index (χ1) is 13.2. The largest absolute Gasteiger partial charge is 0.493 e. The van der Waals surface area contributed by atoms with Crippen molar-refractivity contribution in [1.82, 2.24) is 10.2 Å². The van der Waals surface area contributed by atoms with E-state index in [1.807, 2.05) is 30.3 Å². The molecular weight excluding hydrogens is 347 g/mol. The average molecular weight is 366 g/mol. The van der Waals surface area contributed by atoms with Crippen molar-refractivity contribution in [3.63, 3.8) is 0 Å². The van der Waals surface area contributed by atoms with Gasteiger partial charge in [-0.3, -0.25) is 4.79 Å². The van der Waals surface area contributed by atoms with Crippen molar-refractivity contribution < 1.29 is 13.9 Å². The number of carbonyl (C=O) groups is 1. The summed E-state index contributed by atoms with van der Waals surface area (Å²) in [6.45, 7) is 0.565. The van der Waals surface area contributed by atoms with Crippen LogP contribution >= 0.6 is 0 Å². The number of benzene rings is 2. The molecule has 0 aliphatic rings. The van der Waals surface area contributed by atoms with Gasteiger partial charge in [0.25, 0.3) is 0 Å². The van der Waals surface area contributed by atoms with E-state index in [0.29, 0.717) is 23.7 Å². The number of aromatic nitrogens is 2. The second-order valence-electron chi connectivity index (χ2n) is 5.71. The van der Waals surface area contributed by atoms with Gasteiger partial charge in [-0.1, -0.05) is 36.4 Å². The molecule has 0 fully saturated rings. The molecule has 0 saturated carbocycles. The van der Waals surface area contributed by atoms with Crippen molar-refractivity contribution in [2.45, 2.75) is 13.0 Å². The van der Waals surface area contributed by atoms with Gasteiger partial charge in [0.1, 0.15) is 17.4 Å². The quantitative estimate of drug-likeness (QED) is 0.637. The molecular formula is C20H19FN4O2. The van der Waals surface area contributed by atoms with Crippen LogP contribution in [0.15, 0.2) is 66.7 Å². The number of amides is 1. The molecule has 0 bridgehead atoms. The maximum atomic E-state index is 13.6. The fourth-order valence-electron chi connectivity index (χ4n) is 2.30. The van der Waals surface area contributed by atoms with Crippen molar-refractivity contribution in [3.05, 3.63) is 78.1 Å². The molecule has 3 aromatic rings. The van der Waals surface area contributed by atoms with Gasteiger partial charge in [-0.25, -0.2) is 4.39 Å². The van der Waals surface area contributed by atoms with Crippen LogP contribution in [0.3, 0.4) is 0 Å². The average Bonchev–Trinajstić information content (AvgIpc) is 2.69. The van der Waals surface area contributed by atoms with Crippen molar-refractivity contribution in [2.75, 3.05) is 17.2 Å². The summed E-state index contributed by atoms with van der Waals surface area (Å²) in [5.41, 5.74) is 0.537. The van der Waals surface area contributed by atoms with Gasteiger partial charge in [-0.05, 0) is 30.3 Å². The Morgan fingerprint density at radius 2 is 1.63 bits per heavy atom. The van der Waals surface area contributed by atoms with Gasteiger partial charge in [0.2, 0.25) is 5.91 Å². The number of para-hydroxylation sites is 1. The number of anilines is 2. The third-order valence-corrected chi connectivity index (χ3v) is 3.69. The van der Waals surface area contributed by atoms with Crippen LogP contribution in [0, 0.1) is 5.82 Å². The van der Waals surface area contributed by atoms with Gasteiger partial charge in [-0.15, -0.1) is 10.2 Å². The number of nitrogens with one attached hydrogen (secondary N) is 2. The summed E-state index contributed by atoms with van der Waals surface area (Å²) in [6, 6.07) is 19.1. The second kappa shape index (κ2) is 9.28. The molecule has 0 saturated heterocycles. The van der Waals surface area contributed by atoms with E-state index in [1.165, 1.54) is 6.07 Å². The van der Waals surface area contributed by atoms with Crippen LogP contribution in [0.2, 0.25) is 0 Å². The zero-order valence-corrected chi connectivity index (χ0v) is 14.6. The minimum atomic E-state index is -0.278. The fraction of sp³-hybridized carbons (Fsp3) is 0.150. The highest BCUT2D eigenvalue weighted by molar-refractivity contribution is 5.89. The first kappa shape index (κ1) is 18.3. The van der Waals surface area contributed by atoms with Crippen molar-refractivity contribution >= 4 is 17.5 Å². The Labute approximate surface area is 156 Å². The van der Waals surface area contributed by atoms with E-state index in [0.717, 1.165) is 5.75 Å². The SMILES string of the molecule is O=C(CCOc1ccccc1)Nc1ccc(NCc2ccccc2F)nn1. The lowest BCUT2D eigenvalue weighted by Gasteiger charge is -2.08. The van der Waals surface area contributed by atoms with E-state index in [2.05, 4.69) is 20.8 Å². The highest BCUT2D eigenvalue weighted by Crippen LogP contribution is 2.11. The third-order valence-electron chi connectivity index (χ3n) is 3.69. The number of halogens is 1. The van der Waals surface area contributed by atoms with Gasteiger partial charge < -0.3 is 15.4 Å². The Bertz CT molecular complexity index is 873. The maximum absolute atomic E-state index is 13.6. The minimum absolute atomic E-state index is 0.198. The zero-order valence-electron chi connectivity index (χ0n) is 14.6. The Hall–Kier alpha value is -3.48. The topological polar surface area (TPSA) is 76.1 Å². The van der Waals surface area contributed by atoms with E-state index in [-0.39, 0.29) is 24.8 Å². The molecule has 1 amide bonds. The summed E-state index contributed by atoms with van der Waals surface area (Å²) in [4.78, 5) is 11.9. The molecule has 6 nitrogen and oxygen atoms in total. The Balaban J connectivity index is 1.43. The van der Waals surface area contributed by atoms with Crippen molar-refractivity contribution in [3.8, 4) is 5.75 Å². The van der Waals surface area contributed by atoms with Gasteiger partial charge in [0.05, 0.1) is 13.0 Å². The summed E-state index contributed by atoms with van der Waals surface area (Å²) < 4.78 is 19.1. The Morgan fingerprint density at radius 3 is 2.37 bits per heavy atom. The predicted octanol–water partition coefficient (Wildman–Crippen LogP) is 3.64. The summed E-state index contributed by atoms with van der Waals surface area (Å²) >= 11 is 0. The zero-order chi connectivity index (χ0) is 18.9. The van der Waals surface area contributed by atoms with E-state index < -0.39 is 0 Å². The Morgan fingerprint density at radius 1 is 0.926 bits per heavy atom. The van der Waals surface area contributed by atoms with E-state index in [1.54, 1.807) is 30.3 Å². The number of hydrogen-bond donors (Lipinski definition) is 2. The molecule has 0 radical (unpaired) electrons. The highest BCUT2D eigenvalue weighted by Gasteiger charge is 2.06. The summed E-state index contributed by atoms with van der Waals surface area (Å²) in [5.74, 6) is 1.06. The Kier molecular flexibility index (Phi) is 6.30. The third kappa shape index (κ3) is 5.78. The first-order valence-corrected chi connectivity index (χ1v) is 8.49. The lowest BCUT2D eigenvalue weighted by Crippen LogP contribution is -2.16. The minimum Gasteiger partial charge on any atom is -0.493 e. The van der Waals surface area contributed by atoms with Crippen LogP contribution in [0.1, 0.15) is 12.0 Å². The van der Waals surface area contributed by atoms with Gasteiger partial charge >= 0.3 is 0 Å². The van der Waals surface area contributed by atoms with E-state index in [4.69, 9.17) is 4.74 Å². The molecule has 138 valence electrons. The summed E-state index contributed by atoms with van der Waals surface area (Å²) in [5, 5.41) is 13.6. The van der Waals surface area contributed by atoms with Crippen LogP contribution in [0.4, 0.5) is 16.0 Å². The van der Waals surface area contributed by atoms with E-state index in [9.17, 15) is 9.18 Å². The summed E-state index contributed by atoms with van der Waals surface area (Å²) in [7, 11) is 0. The first-order valence-electron chi connectivity index (χ1n) is 8.49. The second-order valence-corrected chi connectivity index (χ2v) is 5.71. The van der Waals surface area contributed by atoms with Crippen LogP contribution in [0.5, 0.6) is 5.75 Å². The molecule has 7 heteroatoms. The molecule has 0 atom stereocenters. The molecule has 1 aromatic heterocycles. The number of nitrogens with zero attached hydrogens (tertiary/aromatic N) is 2. The standard InChI is InChI=1S/C20H19FN4O2/c21-17-9-5-4-6-15(17)14-22-18-10-11-19(25-24-18)23-20(26)12-13-27-16-7-2-1-3-8-16/h1-11H,12-14H2,(H,22,24)(H,23,25,26). The van der Waals surface area contributed by atoms with Crippen molar-refractivity contribution in [1.29, 1.82) is 0 Å². The number of rotatable bonds is 8. The van der Waals surface area contributed by atoms with Crippen LogP contribution in [-0.2, 0) is 11.3 Å². The van der Waals surface area contributed by atoms with E-state index >= 15 is 0 Å². The predicted molar refractivity (Wildman–Crippen MR) is 101 cm³/mol. The molecule has 0 aliphatic heterocycles. The maximum Gasteiger partial charge on any atom is 0.229 e. The number of carbonyl (C=O) groups excluding carboxylic acids is 1. The molecule has 0 spiro atoms.